The molecule has 0 radical (unpaired) electrons. The molecule has 3 aliphatic heterocycles. The molecule has 5 aromatic rings. The molecule has 1 spiro atoms. The topological polar surface area (TPSA) is 206 Å². The van der Waals surface area contributed by atoms with Crippen LogP contribution in [0.2, 0.25) is 0 Å². The highest BCUT2D eigenvalue weighted by Gasteiger charge is 2.76. The number of carboxylic acids is 1. The van der Waals surface area contributed by atoms with Gasteiger partial charge in [-0.3, -0.25) is 29.4 Å². The molecule has 15 nitrogen and oxygen atoms in total. The number of rotatable bonds is 11. The van der Waals surface area contributed by atoms with Crippen molar-refractivity contribution in [1.29, 1.82) is 0 Å². The molecular weight excluding hydrogens is 799 g/mol. The van der Waals surface area contributed by atoms with E-state index >= 15 is 4.79 Å². The Bertz CT molecular complexity index is 2590. The number of ether oxygens (including phenoxy) is 3. The molecule has 2 saturated heterocycles. The molecule has 5 aromatic carbocycles. The normalized spacial score (nSPS) is 22.5. The third-order valence-corrected chi connectivity index (χ3v) is 11.4. The summed E-state index contributed by atoms with van der Waals surface area (Å²) in [6.07, 6.45) is -2.05. The van der Waals surface area contributed by atoms with Crippen LogP contribution in [0.3, 0.4) is 0 Å². The van der Waals surface area contributed by atoms with Gasteiger partial charge in [-0.05, 0) is 70.3 Å². The number of non-ortho nitro benzene ring substituents is 1. The van der Waals surface area contributed by atoms with Crippen LogP contribution >= 0.6 is 0 Å². The van der Waals surface area contributed by atoms with Gasteiger partial charge >= 0.3 is 18.0 Å². The van der Waals surface area contributed by atoms with E-state index in [-0.39, 0.29) is 48.9 Å². The highest BCUT2D eigenvalue weighted by atomic mass is 16.6. The second-order valence-corrected chi connectivity index (χ2v) is 14.9. The number of nitro groups is 1. The van der Waals surface area contributed by atoms with E-state index in [2.05, 4.69) is 11.8 Å². The van der Waals surface area contributed by atoms with E-state index in [1.165, 1.54) is 36.4 Å². The molecule has 314 valence electrons. The van der Waals surface area contributed by atoms with E-state index in [1.807, 2.05) is 24.3 Å². The molecule has 2 amide bonds. The van der Waals surface area contributed by atoms with Crippen LogP contribution in [-0.4, -0.2) is 74.9 Å². The number of nitrogens with zero attached hydrogens (tertiary/aromatic N) is 3. The molecule has 15 heteroatoms. The minimum Gasteiger partial charge on any atom is -0.491 e. The molecule has 6 atom stereocenters. The number of amides is 2. The number of cyclic esters (lactones) is 1. The number of esters is 1. The zero-order chi connectivity index (χ0) is 43.5. The van der Waals surface area contributed by atoms with Crippen molar-refractivity contribution in [2.75, 3.05) is 24.7 Å². The number of benzene rings is 5. The highest BCUT2D eigenvalue weighted by molar-refractivity contribution is 6.23. The van der Waals surface area contributed by atoms with Crippen molar-refractivity contribution in [3.8, 4) is 17.6 Å². The molecule has 62 heavy (non-hydrogen) atoms. The lowest BCUT2D eigenvalue weighted by Gasteiger charge is -2.46. The third kappa shape index (κ3) is 7.19. The molecule has 0 aliphatic carbocycles. The van der Waals surface area contributed by atoms with Crippen LogP contribution in [0.25, 0.3) is 0 Å². The van der Waals surface area contributed by atoms with Crippen LogP contribution in [0.4, 0.5) is 16.2 Å². The average molecular weight is 838 g/mol. The van der Waals surface area contributed by atoms with E-state index in [9.17, 15) is 39.8 Å². The van der Waals surface area contributed by atoms with Gasteiger partial charge in [0.15, 0.2) is 0 Å². The van der Waals surface area contributed by atoms with Crippen LogP contribution in [0, 0.1) is 27.9 Å². The Labute approximate surface area is 354 Å². The van der Waals surface area contributed by atoms with Crippen molar-refractivity contribution in [2.24, 2.45) is 5.92 Å². The van der Waals surface area contributed by atoms with Crippen LogP contribution in [-0.2, 0) is 35.9 Å². The molecule has 0 saturated carbocycles. The van der Waals surface area contributed by atoms with Gasteiger partial charge in [0.1, 0.15) is 42.4 Å². The second kappa shape index (κ2) is 17.3. The number of carboxylic acid groups (broad SMARTS) is 1. The molecule has 3 heterocycles. The zero-order valence-corrected chi connectivity index (χ0v) is 32.9. The maximum atomic E-state index is 15.9. The third-order valence-electron chi connectivity index (χ3n) is 11.4. The monoisotopic (exact) mass is 837 g/mol. The number of nitro benzene ring substituents is 1. The lowest BCUT2D eigenvalue weighted by molar-refractivity contribution is -0.384. The summed E-state index contributed by atoms with van der Waals surface area (Å²) in [5.74, 6) is 0.807. The molecule has 3 N–H and O–H groups in total. The fourth-order valence-corrected chi connectivity index (χ4v) is 9.03. The SMILES string of the molecule is O=C1O[C@@H](c2ccccc2)[C@@H](c2ccccc2)N2[C@@H](c3cccc(OCCO)c3)[C@]3(C(=O)N(C(=O)OCc4ccc([N+](=O)[O-])cc4)c4ccc(C#CCCO)cc43)[C@@H](C(=O)O)[C@H]12. The number of fused-ring (bicyclic) bond motifs is 3. The number of morpholine rings is 1. The molecular formula is C47H39N3O12. The molecule has 0 aromatic heterocycles. The summed E-state index contributed by atoms with van der Waals surface area (Å²) in [7, 11) is 0. The summed E-state index contributed by atoms with van der Waals surface area (Å²) in [5.41, 5.74) is -0.0582. The summed E-state index contributed by atoms with van der Waals surface area (Å²) in [4.78, 5) is 72.5. The van der Waals surface area contributed by atoms with Crippen molar-refractivity contribution in [1.82, 2.24) is 4.90 Å². The second-order valence-electron chi connectivity index (χ2n) is 14.9. The number of aliphatic carboxylic acids is 1. The van der Waals surface area contributed by atoms with Gasteiger partial charge in [0.25, 0.3) is 5.69 Å². The zero-order valence-electron chi connectivity index (χ0n) is 32.9. The number of hydrogen-bond donors (Lipinski definition) is 3. The Morgan fingerprint density at radius 3 is 2.18 bits per heavy atom. The Morgan fingerprint density at radius 2 is 1.52 bits per heavy atom. The number of carbonyl (C=O) groups excluding carboxylic acids is 3. The molecule has 3 aliphatic rings. The predicted octanol–water partition coefficient (Wildman–Crippen LogP) is 5.79. The van der Waals surface area contributed by atoms with Crippen molar-refractivity contribution in [2.45, 2.75) is 42.7 Å². The number of aliphatic hydroxyl groups excluding tert-OH is 2. The summed E-state index contributed by atoms with van der Waals surface area (Å²) in [6.45, 7) is -1.02. The number of aliphatic hydroxyl groups is 2. The first-order valence-electron chi connectivity index (χ1n) is 19.7. The summed E-state index contributed by atoms with van der Waals surface area (Å²) >= 11 is 0. The van der Waals surface area contributed by atoms with Gasteiger partial charge in [0.2, 0.25) is 5.91 Å². The fourth-order valence-electron chi connectivity index (χ4n) is 9.03. The first kappa shape index (κ1) is 41.4. The summed E-state index contributed by atoms with van der Waals surface area (Å²) in [5, 5.41) is 41.9. The van der Waals surface area contributed by atoms with Crippen LogP contribution in [0.1, 0.15) is 58.0 Å². The Balaban J connectivity index is 1.38. The Hall–Kier alpha value is -7.38. The first-order valence-corrected chi connectivity index (χ1v) is 19.7. The van der Waals surface area contributed by atoms with Gasteiger partial charge in [0, 0.05) is 24.1 Å². The number of anilines is 1. The smallest absolute Gasteiger partial charge is 0.421 e. The fraction of sp³-hybridized carbons (Fsp3) is 0.234. The van der Waals surface area contributed by atoms with Gasteiger partial charge in [-0.1, -0.05) is 84.6 Å². The van der Waals surface area contributed by atoms with Crippen molar-refractivity contribution in [3.05, 3.63) is 171 Å². The quantitative estimate of drug-likeness (QED) is 0.0625. The maximum absolute atomic E-state index is 15.9. The highest BCUT2D eigenvalue weighted by Crippen LogP contribution is 2.66. The summed E-state index contributed by atoms with van der Waals surface area (Å²) in [6, 6.07) is 30.7. The lowest BCUT2D eigenvalue weighted by Crippen LogP contribution is -2.53. The standard InChI is InChI=1S/C47H39N3O12/c51-23-8-7-10-29-19-22-37-36(26-29)47(45(56)48(37)46(57)61-28-30-17-20-34(21-18-30)50(58)59)38(43(53)54)40-44(55)62-41(32-13-5-2-6-14-32)39(31-11-3-1-4-12-31)49(40)42(47)33-15-9-16-35(27-33)60-25-24-52/h1-6,9,11-22,26-27,38-42,51-52H,8,23-25,28H2,(H,53,54)/t38-,39-,40-,41+,42+,47-/m1/s1. The van der Waals surface area contributed by atoms with Crippen LogP contribution < -0.4 is 9.64 Å². The van der Waals surface area contributed by atoms with E-state index < -0.39 is 71.0 Å². The van der Waals surface area contributed by atoms with Crippen molar-refractivity contribution >= 4 is 35.3 Å². The van der Waals surface area contributed by atoms with Gasteiger partial charge in [-0.25, -0.2) is 9.69 Å². The van der Waals surface area contributed by atoms with Crippen molar-refractivity contribution in [3.63, 3.8) is 0 Å². The Kier molecular flexibility index (Phi) is 11.5. The average Bonchev–Trinajstić information content (AvgIpc) is 3.75. The van der Waals surface area contributed by atoms with E-state index in [4.69, 9.17) is 14.2 Å². The van der Waals surface area contributed by atoms with Crippen LogP contribution in [0.15, 0.2) is 127 Å². The Morgan fingerprint density at radius 1 is 0.823 bits per heavy atom. The molecule has 8 rings (SSSR count). The summed E-state index contributed by atoms with van der Waals surface area (Å²) < 4.78 is 17.8. The number of carbonyl (C=O) groups is 4. The van der Waals surface area contributed by atoms with Crippen LogP contribution in [0.5, 0.6) is 5.75 Å². The minimum absolute atomic E-state index is 0.00979. The number of hydrogen-bond acceptors (Lipinski definition) is 12. The predicted molar refractivity (Wildman–Crippen MR) is 220 cm³/mol. The van der Waals surface area contributed by atoms with E-state index in [0.717, 1.165) is 4.90 Å². The van der Waals surface area contributed by atoms with E-state index in [1.54, 1.807) is 71.6 Å². The number of imide groups is 1. The molecule has 0 unspecified atom stereocenters. The van der Waals surface area contributed by atoms with E-state index in [0.29, 0.717) is 27.8 Å². The van der Waals surface area contributed by atoms with Gasteiger partial charge < -0.3 is 29.5 Å². The first-order chi connectivity index (χ1) is 30.1. The molecule has 2 fully saturated rings. The van der Waals surface area contributed by atoms with Crippen molar-refractivity contribution < 1.29 is 53.6 Å². The maximum Gasteiger partial charge on any atom is 0.421 e. The van der Waals surface area contributed by atoms with Gasteiger partial charge in [0.05, 0.1) is 35.9 Å². The minimum atomic E-state index is -2.26. The van der Waals surface area contributed by atoms with Gasteiger partial charge in [-0.2, -0.15) is 0 Å². The van der Waals surface area contributed by atoms with Gasteiger partial charge in [-0.15, -0.1) is 0 Å². The molecule has 0 bridgehead atoms. The largest absolute Gasteiger partial charge is 0.491 e. The lowest BCUT2D eigenvalue weighted by atomic mass is 9.65.